The summed E-state index contributed by atoms with van der Waals surface area (Å²) in [4.78, 5) is 0. The molecule has 1 saturated carbocycles. The highest BCUT2D eigenvalue weighted by Gasteiger charge is 2.57. The van der Waals surface area contributed by atoms with Gasteiger partial charge in [0.25, 0.3) is 0 Å². The molecule has 0 spiro atoms. The Balaban J connectivity index is 1.59. The van der Waals surface area contributed by atoms with E-state index in [2.05, 4.69) is 39.5 Å². The Bertz CT molecular complexity index is 398. The van der Waals surface area contributed by atoms with Crippen molar-refractivity contribution in [2.75, 3.05) is 0 Å². The first-order chi connectivity index (χ1) is 9.66. The van der Waals surface area contributed by atoms with Crippen LogP contribution in [0.4, 0.5) is 0 Å². The van der Waals surface area contributed by atoms with Crippen molar-refractivity contribution in [1.29, 1.82) is 0 Å². The number of fused-ring (bicyclic) bond motifs is 1. The lowest BCUT2D eigenvalue weighted by Crippen LogP contribution is -2.53. The molecule has 2 rings (SSSR count). The third-order valence-corrected chi connectivity index (χ3v) is 5.91. The molecule has 0 radical (unpaired) electrons. The average molecular weight is 272 g/mol. The van der Waals surface area contributed by atoms with Crippen LogP contribution in [-0.4, -0.2) is 0 Å². The predicted molar refractivity (Wildman–Crippen MR) is 89.7 cm³/mol. The first-order valence-electron chi connectivity index (χ1n) is 8.66. The molecule has 0 amide bonds. The summed E-state index contributed by atoms with van der Waals surface area (Å²) in [6.45, 7) is 10.9. The normalized spacial score (nSPS) is 33.1. The second kappa shape index (κ2) is 6.78. The molecule has 3 unspecified atom stereocenters. The molecule has 2 aliphatic rings. The predicted octanol–water partition coefficient (Wildman–Crippen LogP) is 6.45. The Kier molecular flexibility index (Phi) is 5.29. The van der Waals surface area contributed by atoms with Gasteiger partial charge in [0, 0.05) is 5.41 Å². The van der Waals surface area contributed by atoms with E-state index in [9.17, 15) is 0 Å². The van der Waals surface area contributed by atoms with E-state index in [0.717, 1.165) is 11.8 Å². The van der Waals surface area contributed by atoms with Crippen molar-refractivity contribution in [3.8, 4) is 0 Å². The molecular weight excluding hydrogens is 240 g/mol. The van der Waals surface area contributed by atoms with Gasteiger partial charge in [-0.2, -0.15) is 0 Å². The Morgan fingerprint density at radius 2 is 1.80 bits per heavy atom. The smallest absolute Gasteiger partial charge is 0.0167 e. The van der Waals surface area contributed by atoms with Crippen molar-refractivity contribution in [1.82, 2.24) is 0 Å². The minimum Gasteiger partial charge on any atom is -0.103 e. The molecule has 0 N–H and O–H groups in total. The van der Waals surface area contributed by atoms with E-state index in [1.54, 1.807) is 11.1 Å². The Hall–Kier alpha value is -0.780. The summed E-state index contributed by atoms with van der Waals surface area (Å²) in [6.07, 6.45) is 17.8. The van der Waals surface area contributed by atoms with Gasteiger partial charge < -0.3 is 0 Å². The summed E-state index contributed by atoms with van der Waals surface area (Å²) in [5, 5.41) is 0. The van der Waals surface area contributed by atoms with E-state index in [4.69, 9.17) is 0 Å². The van der Waals surface area contributed by atoms with Gasteiger partial charge in [0.15, 0.2) is 0 Å². The number of hydrogen-bond donors (Lipinski definition) is 0. The van der Waals surface area contributed by atoms with Gasteiger partial charge in [-0.15, -0.1) is 6.58 Å². The highest BCUT2D eigenvalue weighted by molar-refractivity contribution is 5.56. The van der Waals surface area contributed by atoms with Gasteiger partial charge in [0.2, 0.25) is 0 Å². The molecule has 0 aromatic heterocycles. The van der Waals surface area contributed by atoms with Crippen LogP contribution in [0.25, 0.3) is 0 Å². The molecule has 0 nitrogen and oxygen atoms in total. The molecule has 0 bridgehead atoms. The second-order valence-corrected chi connectivity index (χ2v) is 6.93. The van der Waals surface area contributed by atoms with Crippen LogP contribution in [0.3, 0.4) is 0 Å². The third kappa shape index (κ3) is 2.67. The topological polar surface area (TPSA) is 0 Å². The number of unbranched alkanes of at least 4 members (excludes halogenated alkanes) is 6. The van der Waals surface area contributed by atoms with Crippen molar-refractivity contribution in [3.63, 3.8) is 0 Å². The maximum Gasteiger partial charge on any atom is 0.0167 e. The number of allylic oxidation sites excluding steroid dienone is 5. The van der Waals surface area contributed by atoms with Gasteiger partial charge >= 0.3 is 0 Å². The van der Waals surface area contributed by atoms with Crippen molar-refractivity contribution in [3.05, 3.63) is 36.0 Å². The minimum atomic E-state index is 0.462. The fourth-order valence-corrected chi connectivity index (χ4v) is 4.30. The lowest BCUT2D eigenvalue weighted by atomic mass is 9.42. The molecule has 0 heteroatoms. The van der Waals surface area contributed by atoms with Crippen LogP contribution in [0.15, 0.2) is 36.0 Å². The molecule has 0 aromatic rings. The molecule has 0 heterocycles. The Labute approximate surface area is 126 Å². The molecule has 1 fully saturated rings. The van der Waals surface area contributed by atoms with E-state index in [0.29, 0.717) is 5.41 Å². The summed E-state index contributed by atoms with van der Waals surface area (Å²) in [6, 6.07) is 0. The van der Waals surface area contributed by atoms with E-state index < -0.39 is 0 Å². The average Bonchev–Trinajstić information content (AvgIpc) is 2.46. The standard InChI is InChI=1S/C20H32/c1-5-7-8-9-10-11-12-13-14-18-16(3)20(4)17(6-2)15-19(18)20/h5-6,15-16,18H,1,7-14H2,2-4H3. The Morgan fingerprint density at radius 3 is 2.40 bits per heavy atom. The fraction of sp³-hybridized carbons (Fsp3) is 0.700. The van der Waals surface area contributed by atoms with Crippen LogP contribution in [0.2, 0.25) is 0 Å². The Morgan fingerprint density at radius 1 is 1.15 bits per heavy atom. The van der Waals surface area contributed by atoms with Gasteiger partial charge in [0.1, 0.15) is 0 Å². The first-order valence-corrected chi connectivity index (χ1v) is 8.66. The van der Waals surface area contributed by atoms with Gasteiger partial charge in [-0.05, 0) is 43.6 Å². The lowest BCUT2D eigenvalue weighted by molar-refractivity contribution is 0.0905. The van der Waals surface area contributed by atoms with Gasteiger partial charge in [-0.3, -0.25) is 0 Å². The zero-order valence-corrected chi connectivity index (χ0v) is 13.8. The highest BCUT2D eigenvalue weighted by atomic mass is 14.6. The maximum absolute atomic E-state index is 3.78. The zero-order chi connectivity index (χ0) is 14.6. The van der Waals surface area contributed by atoms with Crippen molar-refractivity contribution < 1.29 is 0 Å². The number of hydrogen-bond acceptors (Lipinski definition) is 0. The lowest BCUT2D eigenvalue weighted by Gasteiger charge is -2.62. The second-order valence-electron chi connectivity index (χ2n) is 6.93. The van der Waals surface area contributed by atoms with Crippen LogP contribution in [0.5, 0.6) is 0 Å². The summed E-state index contributed by atoms with van der Waals surface area (Å²) in [7, 11) is 0. The molecule has 0 aliphatic heterocycles. The summed E-state index contributed by atoms with van der Waals surface area (Å²) in [5.74, 6) is 1.76. The van der Waals surface area contributed by atoms with Crippen molar-refractivity contribution in [2.24, 2.45) is 17.3 Å². The zero-order valence-electron chi connectivity index (χ0n) is 13.8. The van der Waals surface area contributed by atoms with Gasteiger partial charge in [0.05, 0.1) is 0 Å². The molecule has 0 saturated heterocycles. The van der Waals surface area contributed by atoms with E-state index >= 15 is 0 Å². The third-order valence-electron chi connectivity index (χ3n) is 5.91. The molecular formula is C20H32. The number of rotatable bonds is 9. The van der Waals surface area contributed by atoms with Crippen molar-refractivity contribution >= 4 is 0 Å². The quantitative estimate of drug-likeness (QED) is 0.334. The summed E-state index contributed by atoms with van der Waals surface area (Å²) >= 11 is 0. The molecule has 0 aromatic carbocycles. The van der Waals surface area contributed by atoms with E-state index in [1.807, 2.05) is 6.08 Å². The first kappa shape index (κ1) is 15.6. The largest absolute Gasteiger partial charge is 0.103 e. The van der Waals surface area contributed by atoms with Gasteiger partial charge in [-0.1, -0.05) is 69.8 Å². The van der Waals surface area contributed by atoms with Crippen LogP contribution >= 0.6 is 0 Å². The van der Waals surface area contributed by atoms with Crippen LogP contribution in [-0.2, 0) is 0 Å². The molecule has 2 aliphatic carbocycles. The van der Waals surface area contributed by atoms with Crippen LogP contribution in [0, 0.1) is 17.3 Å². The molecule has 3 atom stereocenters. The van der Waals surface area contributed by atoms with Crippen LogP contribution < -0.4 is 0 Å². The van der Waals surface area contributed by atoms with Gasteiger partial charge in [-0.25, -0.2) is 0 Å². The maximum atomic E-state index is 3.78. The fourth-order valence-electron chi connectivity index (χ4n) is 4.30. The molecule has 20 heavy (non-hydrogen) atoms. The molecule has 112 valence electrons. The summed E-state index contributed by atoms with van der Waals surface area (Å²) in [5.41, 5.74) is 3.80. The summed E-state index contributed by atoms with van der Waals surface area (Å²) < 4.78 is 0. The van der Waals surface area contributed by atoms with Crippen LogP contribution in [0.1, 0.15) is 72.1 Å². The van der Waals surface area contributed by atoms with E-state index in [1.165, 1.54) is 51.4 Å². The van der Waals surface area contributed by atoms with E-state index in [-0.39, 0.29) is 0 Å². The highest BCUT2D eigenvalue weighted by Crippen LogP contribution is 2.67. The minimum absolute atomic E-state index is 0.462. The van der Waals surface area contributed by atoms with Crippen molar-refractivity contribution in [2.45, 2.75) is 72.1 Å². The SMILES string of the molecule is C=CCCCCCCCCC1C2=CC(=CC)C2(C)C1C. The monoisotopic (exact) mass is 272 g/mol.